The molecule has 0 atom stereocenters. The summed E-state index contributed by atoms with van der Waals surface area (Å²) in [6.07, 6.45) is 2.94. The maximum Gasteiger partial charge on any atom is 0.225 e. The second-order valence-corrected chi connectivity index (χ2v) is 5.25. The average molecular weight is 275 g/mol. The van der Waals surface area contributed by atoms with Gasteiger partial charge in [-0.3, -0.25) is 4.79 Å². The predicted molar refractivity (Wildman–Crippen MR) is 79.8 cm³/mol. The Balaban J connectivity index is 1.89. The summed E-state index contributed by atoms with van der Waals surface area (Å²) in [6.45, 7) is 0. The summed E-state index contributed by atoms with van der Waals surface area (Å²) in [7, 11) is 3.91. The van der Waals surface area contributed by atoms with Gasteiger partial charge in [-0.1, -0.05) is 0 Å². The van der Waals surface area contributed by atoms with E-state index in [-0.39, 0.29) is 5.91 Å². The number of nitrogens with zero attached hydrogens (tertiary/aromatic N) is 2. The Morgan fingerprint density at radius 2 is 2.26 bits per heavy atom. The van der Waals surface area contributed by atoms with Crippen molar-refractivity contribution in [3.8, 4) is 0 Å². The van der Waals surface area contributed by atoms with Gasteiger partial charge in [-0.2, -0.15) is 11.3 Å². The second kappa shape index (κ2) is 6.33. The molecule has 0 spiro atoms. The van der Waals surface area contributed by atoms with Crippen LogP contribution < -0.4 is 10.2 Å². The summed E-state index contributed by atoms with van der Waals surface area (Å²) in [5.74, 6) is 0.594. The maximum absolute atomic E-state index is 11.8. The lowest BCUT2D eigenvalue weighted by atomic mass is 10.2. The average Bonchev–Trinajstić information content (AvgIpc) is 2.90. The molecular formula is C14H17N3OS. The fraction of sp³-hybridized carbons (Fsp3) is 0.286. The molecule has 0 aliphatic heterocycles. The molecule has 0 unspecified atom stereocenters. The molecule has 0 saturated carbocycles. The molecule has 2 heterocycles. The van der Waals surface area contributed by atoms with Gasteiger partial charge in [0.15, 0.2) is 0 Å². The van der Waals surface area contributed by atoms with Crippen LogP contribution in [0.4, 0.5) is 11.5 Å². The van der Waals surface area contributed by atoms with Gasteiger partial charge in [0.1, 0.15) is 5.82 Å². The third-order valence-corrected chi connectivity index (χ3v) is 3.48. The Bertz CT molecular complexity index is 537. The summed E-state index contributed by atoms with van der Waals surface area (Å²) in [5.41, 5.74) is 2.22. The minimum absolute atomic E-state index is 0.00499. The van der Waals surface area contributed by atoms with E-state index >= 15 is 0 Å². The lowest BCUT2D eigenvalue weighted by Gasteiger charge is -2.13. The molecule has 0 fully saturated rings. The van der Waals surface area contributed by atoms with E-state index in [9.17, 15) is 4.79 Å². The van der Waals surface area contributed by atoms with Gasteiger partial charge in [-0.15, -0.1) is 0 Å². The molecule has 100 valence electrons. The fourth-order valence-corrected chi connectivity index (χ4v) is 2.37. The summed E-state index contributed by atoms with van der Waals surface area (Å²) in [6, 6.07) is 5.81. The van der Waals surface area contributed by atoms with Crippen LogP contribution in [0.1, 0.15) is 12.0 Å². The standard InChI is InChI=1S/C14H17N3OS/c1-17(2)12-5-7-15-13(9-12)16-14(18)4-3-11-6-8-19-10-11/h5-10H,3-4H2,1-2H3,(H,15,16,18). The fourth-order valence-electron chi connectivity index (χ4n) is 1.66. The Labute approximate surface area is 117 Å². The van der Waals surface area contributed by atoms with Crippen molar-refractivity contribution in [3.63, 3.8) is 0 Å². The molecule has 1 amide bonds. The van der Waals surface area contributed by atoms with Crippen molar-refractivity contribution in [2.24, 2.45) is 0 Å². The summed E-state index contributed by atoms with van der Waals surface area (Å²) in [4.78, 5) is 18.0. The molecule has 5 heteroatoms. The molecule has 1 N–H and O–H groups in total. The highest BCUT2D eigenvalue weighted by molar-refractivity contribution is 7.07. The zero-order valence-corrected chi connectivity index (χ0v) is 11.9. The highest BCUT2D eigenvalue weighted by Crippen LogP contribution is 2.15. The minimum atomic E-state index is -0.00499. The molecule has 0 aliphatic carbocycles. The Hall–Kier alpha value is -1.88. The van der Waals surface area contributed by atoms with Gasteiger partial charge in [0, 0.05) is 38.5 Å². The number of carbonyl (C=O) groups is 1. The molecule has 19 heavy (non-hydrogen) atoms. The van der Waals surface area contributed by atoms with Gasteiger partial charge in [-0.05, 0) is 34.9 Å². The SMILES string of the molecule is CN(C)c1ccnc(NC(=O)CCc2ccsc2)c1. The Kier molecular flexibility index (Phi) is 4.52. The molecule has 4 nitrogen and oxygen atoms in total. The third-order valence-electron chi connectivity index (χ3n) is 2.75. The second-order valence-electron chi connectivity index (χ2n) is 4.47. The summed E-state index contributed by atoms with van der Waals surface area (Å²) < 4.78 is 0. The smallest absolute Gasteiger partial charge is 0.225 e. The number of aryl methyl sites for hydroxylation is 1. The van der Waals surface area contributed by atoms with E-state index in [0.717, 1.165) is 12.1 Å². The van der Waals surface area contributed by atoms with Crippen molar-refractivity contribution in [2.45, 2.75) is 12.8 Å². The van der Waals surface area contributed by atoms with Crippen LogP contribution >= 0.6 is 11.3 Å². The quantitative estimate of drug-likeness (QED) is 0.912. The zero-order valence-electron chi connectivity index (χ0n) is 11.1. The lowest BCUT2D eigenvalue weighted by Crippen LogP contribution is -2.14. The third kappa shape index (κ3) is 4.06. The molecular weight excluding hydrogens is 258 g/mol. The molecule has 0 aromatic carbocycles. The predicted octanol–water partition coefficient (Wildman–Crippen LogP) is 2.78. The normalized spacial score (nSPS) is 10.2. The van der Waals surface area contributed by atoms with Crippen LogP contribution in [0, 0.1) is 0 Å². The number of nitrogens with one attached hydrogen (secondary N) is 1. The van der Waals surface area contributed by atoms with Crippen molar-refractivity contribution in [3.05, 3.63) is 40.7 Å². The van der Waals surface area contributed by atoms with Crippen LogP contribution in [-0.2, 0) is 11.2 Å². The first-order valence-electron chi connectivity index (χ1n) is 6.09. The van der Waals surface area contributed by atoms with E-state index in [1.54, 1.807) is 17.5 Å². The van der Waals surface area contributed by atoms with Crippen LogP contribution in [0.3, 0.4) is 0 Å². The highest BCUT2D eigenvalue weighted by atomic mass is 32.1. The number of thiophene rings is 1. The van der Waals surface area contributed by atoms with E-state index in [0.29, 0.717) is 12.2 Å². The first-order chi connectivity index (χ1) is 9.15. The minimum Gasteiger partial charge on any atom is -0.378 e. The number of anilines is 2. The molecule has 0 aliphatic rings. The van der Waals surface area contributed by atoms with E-state index in [2.05, 4.69) is 15.7 Å². The lowest BCUT2D eigenvalue weighted by molar-refractivity contribution is -0.116. The molecule has 2 aromatic heterocycles. The van der Waals surface area contributed by atoms with Crippen molar-refractivity contribution in [1.29, 1.82) is 0 Å². The Morgan fingerprint density at radius 3 is 2.95 bits per heavy atom. The number of hydrogen-bond donors (Lipinski definition) is 1. The van der Waals surface area contributed by atoms with E-state index in [4.69, 9.17) is 0 Å². The molecule has 2 rings (SSSR count). The first kappa shape index (κ1) is 13.5. The van der Waals surface area contributed by atoms with E-state index in [1.165, 1.54) is 5.56 Å². The van der Waals surface area contributed by atoms with Crippen LogP contribution in [0.15, 0.2) is 35.2 Å². The Morgan fingerprint density at radius 1 is 1.42 bits per heavy atom. The topological polar surface area (TPSA) is 45.2 Å². The first-order valence-corrected chi connectivity index (χ1v) is 7.04. The number of hydrogen-bond acceptors (Lipinski definition) is 4. The van der Waals surface area contributed by atoms with Gasteiger partial charge in [0.25, 0.3) is 0 Å². The summed E-state index contributed by atoms with van der Waals surface area (Å²) in [5, 5.41) is 6.92. The molecule has 0 radical (unpaired) electrons. The van der Waals surface area contributed by atoms with Crippen LogP contribution in [0.2, 0.25) is 0 Å². The van der Waals surface area contributed by atoms with Crippen LogP contribution in [-0.4, -0.2) is 25.0 Å². The molecule has 0 saturated heterocycles. The van der Waals surface area contributed by atoms with E-state index in [1.807, 2.05) is 42.6 Å². The van der Waals surface area contributed by atoms with Gasteiger partial charge in [0.2, 0.25) is 5.91 Å². The van der Waals surface area contributed by atoms with Crippen LogP contribution in [0.25, 0.3) is 0 Å². The monoisotopic (exact) mass is 275 g/mol. The van der Waals surface area contributed by atoms with Gasteiger partial charge in [0.05, 0.1) is 0 Å². The van der Waals surface area contributed by atoms with Crippen molar-refractivity contribution >= 4 is 28.7 Å². The number of rotatable bonds is 5. The van der Waals surface area contributed by atoms with Gasteiger partial charge in [-0.25, -0.2) is 4.98 Å². The van der Waals surface area contributed by atoms with Gasteiger partial charge >= 0.3 is 0 Å². The van der Waals surface area contributed by atoms with Crippen molar-refractivity contribution in [1.82, 2.24) is 4.98 Å². The van der Waals surface area contributed by atoms with Crippen molar-refractivity contribution < 1.29 is 4.79 Å². The number of aromatic nitrogens is 1. The largest absolute Gasteiger partial charge is 0.378 e. The molecule has 2 aromatic rings. The number of pyridine rings is 1. The van der Waals surface area contributed by atoms with E-state index < -0.39 is 0 Å². The number of amides is 1. The number of carbonyl (C=O) groups excluding carboxylic acids is 1. The zero-order chi connectivity index (χ0) is 13.7. The highest BCUT2D eigenvalue weighted by Gasteiger charge is 2.05. The summed E-state index contributed by atoms with van der Waals surface area (Å²) >= 11 is 1.65. The van der Waals surface area contributed by atoms with Crippen LogP contribution in [0.5, 0.6) is 0 Å². The van der Waals surface area contributed by atoms with Gasteiger partial charge < -0.3 is 10.2 Å². The van der Waals surface area contributed by atoms with Crippen molar-refractivity contribution in [2.75, 3.05) is 24.3 Å². The maximum atomic E-state index is 11.8. The molecule has 0 bridgehead atoms.